The molecule has 0 amide bonds. The van der Waals surface area contributed by atoms with Crippen LogP contribution in [0.4, 0.5) is 0 Å². The molecule has 1 aliphatic rings. The van der Waals surface area contributed by atoms with Gasteiger partial charge in [-0.1, -0.05) is 6.42 Å². The molecule has 1 aliphatic heterocycles. The Kier molecular flexibility index (Phi) is 4.78. The maximum absolute atomic E-state index is 4.37. The largest absolute Gasteiger partial charge is 0.307 e. The zero-order valence-corrected chi connectivity index (χ0v) is 11.9. The van der Waals surface area contributed by atoms with Gasteiger partial charge < -0.3 is 10.2 Å². The fourth-order valence-corrected chi connectivity index (χ4v) is 2.70. The number of aromatic nitrogens is 2. The van der Waals surface area contributed by atoms with E-state index in [1.807, 2.05) is 18.7 Å². The number of hydrogen-bond acceptors (Lipinski definition) is 3. The average molecular weight is 250 g/mol. The third-order valence-corrected chi connectivity index (χ3v) is 3.71. The summed E-state index contributed by atoms with van der Waals surface area (Å²) in [4.78, 5) is 2.58. The van der Waals surface area contributed by atoms with Gasteiger partial charge in [-0.3, -0.25) is 4.68 Å². The van der Waals surface area contributed by atoms with Crippen LogP contribution in [-0.4, -0.2) is 40.4 Å². The second-order valence-corrected chi connectivity index (χ2v) is 5.54. The molecule has 2 heterocycles. The predicted octanol–water partition coefficient (Wildman–Crippen LogP) is 1.69. The van der Waals surface area contributed by atoms with Crippen LogP contribution in [0.2, 0.25) is 0 Å². The number of nitrogens with one attached hydrogen (secondary N) is 1. The lowest BCUT2D eigenvalue weighted by atomic mass is 10.1. The highest BCUT2D eigenvalue weighted by Gasteiger charge is 2.13. The normalized spacial score (nSPS) is 19.1. The fourth-order valence-electron chi connectivity index (χ4n) is 2.70. The molecule has 1 aromatic rings. The standard InChI is InChI=1S/C14H26N4/c1-12-9-14(17(3)16-12)10-15-13(2)11-18-7-5-4-6-8-18/h9,13,15H,4-8,10-11H2,1-3H3. The molecule has 1 aromatic heterocycles. The first kappa shape index (κ1) is 13.6. The van der Waals surface area contributed by atoms with Crippen LogP contribution in [0.3, 0.4) is 0 Å². The molecule has 0 aliphatic carbocycles. The highest BCUT2D eigenvalue weighted by atomic mass is 15.3. The molecule has 2 rings (SSSR count). The SMILES string of the molecule is Cc1cc(CNC(C)CN2CCCCC2)n(C)n1. The minimum Gasteiger partial charge on any atom is -0.307 e. The van der Waals surface area contributed by atoms with E-state index in [-0.39, 0.29) is 0 Å². The molecule has 1 saturated heterocycles. The van der Waals surface area contributed by atoms with Gasteiger partial charge in [-0.25, -0.2) is 0 Å². The van der Waals surface area contributed by atoms with Crippen molar-refractivity contribution in [2.24, 2.45) is 7.05 Å². The molecule has 4 nitrogen and oxygen atoms in total. The van der Waals surface area contributed by atoms with E-state index >= 15 is 0 Å². The van der Waals surface area contributed by atoms with Crippen molar-refractivity contribution in [1.29, 1.82) is 0 Å². The first-order valence-electron chi connectivity index (χ1n) is 7.10. The number of nitrogens with zero attached hydrogens (tertiary/aromatic N) is 3. The molecule has 0 aromatic carbocycles. The van der Waals surface area contributed by atoms with Crippen LogP contribution in [0.15, 0.2) is 6.07 Å². The summed E-state index contributed by atoms with van der Waals surface area (Å²) in [6.07, 6.45) is 4.15. The van der Waals surface area contributed by atoms with Gasteiger partial charge in [-0.2, -0.15) is 5.10 Å². The summed E-state index contributed by atoms with van der Waals surface area (Å²) in [5.74, 6) is 0. The summed E-state index contributed by atoms with van der Waals surface area (Å²) in [5, 5.41) is 7.97. The predicted molar refractivity (Wildman–Crippen MR) is 74.5 cm³/mol. The van der Waals surface area contributed by atoms with Crippen molar-refractivity contribution in [3.05, 3.63) is 17.5 Å². The highest BCUT2D eigenvalue weighted by molar-refractivity contribution is 5.08. The highest BCUT2D eigenvalue weighted by Crippen LogP contribution is 2.09. The van der Waals surface area contributed by atoms with Crippen LogP contribution in [0.1, 0.15) is 37.6 Å². The van der Waals surface area contributed by atoms with Crippen molar-refractivity contribution < 1.29 is 0 Å². The Balaban J connectivity index is 1.74. The molecule has 0 spiro atoms. The molecule has 18 heavy (non-hydrogen) atoms. The lowest BCUT2D eigenvalue weighted by Gasteiger charge is -2.29. The number of piperidine rings is 1. The zero-order chi connectivity index (χ0) is 13.0. The van der Waals surface area contributed by atoms with E-state index in [1.54, 1.807) is 0 Å². The van der Waals surface area contributed by atoms with Gasteiger partial charge in [0.1, 0.15) is 0 Å². The molecule has 1 atom stereocenters. The van der Waals surface area contributed by atoms with Crippen molar-refractivity contribution in [2.45, 2.75) is 45.7 Å². The minimum atomic E-state index is 0.540. The molecule has 1 N–H and O–H groups in total. The number of rotatable bonds is 5. The van der Waals surface area contributed by atoms with Crippen LogP contribution in [0.5, 0.6) is 0 Å². The van der Waals surface area contributed by atoms with E-state index in [0.717, 1.165) is 18.8 Å². The van der Waals surface area contributed by atoms with Gasteiger partial charge in [-0.05, 0) is 45.8 Å². The second kappa shape index (κ2) is 6.34. The Hall–Kier alpha value is -0.870. The Morgan fingerprint density at radius 3 is 2.67 bits per heavy atom. The Morgan fingerprint density at radius 1 is 1.33 bits per heavy atom. The minimum absolute atomic E-state index is 0.540. The van der Waals surface area contributed by atoms with E-state index in [9.17, 15) is 0 Å². The second-order valence-electron chi connectivity index (χ2n) is 5.54. The molecule has 4 heteroatoms. The van der Waals surface area contributed by atoms with E-state index in [0.29, 0.717) is 6.04 Å². The lowest BCUT2D eigenvalue weighted by Crippen LogP contribution is -2.41. The Bertz CT molecular complexity index is 366. The summed E-state index contributed by atoms with van der Waals surface area (Å²) in [6, 6.07) is 2.69. The molecular weight excluding hydrogens is 224 g/mol. The number of aryl methyl sites for hydroxylation is 2. The number of likely N-dealkylation sites (tertiary alicyclic amines) is 1. The quantitative estimate of drug-likeness (QED) is 0.863. The van der Waals surface area contributed by atoms with Crippen LogP contribution in [0.25, 0.3) is 0 Å². The van der Waals surface area contributed by atoms with Crippen LogP contribution in [0, 0.1) is 6.92 Å². The van der Waals surface area contributed by atoms with E-state index < -0.39 is 0 Å². The van der Waals surface area contributed by atoms with E-state index in [2.05, 4.69) is 28.3 Å². The first-order chi connectivity index (χ1) is 8.65. The van der Waals surface area contributed by atoms with Crippen LogP contribution in [-0.2, 0) is 13.6 Å². The lowest BCUT2D eigenvalue weighted by molar-refractivity contribution is 0.208. The first-order valence-corrected chi connectivity index (χ1v) is 7.10. The Morgan fingerprint density at radius 2 is 2.06 bits per heavy atom. The van der Waals surface area contributed by atoms with Gasteiger partial charge in [0.2, 0.25) is 0 Å². The van der Waals surface area contributed by atoms with Gasteiger partial charge in [0.05, 0.1) is 11.4 Å². The maximum Gasteiger partial charge on any atom is 0.0597 e. The van der Waals surface area contributed by atoms with Crippen molar-refractivity contribution in [3.8, 4) is 0 Å². The zero-order valence-electron chi connectivity index (χ0n) is 11.9. The molecule has 0 bridgehead atoms. The molecule has 0 radical (unpaired) electrons. The van der Waals surface area contributed by atoms with Crippen LogP contribution >= 0.6 is 0 Å². The molecule has 0 saturated carbocycles. The van der Waals surface area contributed by atoms with Gasteiger partial charge >= 0.3 is 0 Å². The van der Waals surface area contributed by atoms with E-state index in [4.69, 9.17) is 0 Å². The van der Waals surface area contributed by atoms with E-state index in [1.165, 1.54) is 38.0 Å². The number of hydrogen-bond donors (Lipinski definition) is 1. The van der Waals surface area contributed by atoms with Crippen molar-refractivity contribution in [2.75, 3.05) is 19.6 Å². The maximum atomic E-state index is 4.37. The Labute approximate surface area is 110 Å². The summed E-state index contributed by atoms with van der Waals surface area (Å²) in [6.45, 7) is 8.94. The smallest absolute Gasteiger partial charge is 0.0597 e. The van der Waals surface area contributed by atoms with Crippen molar-refractivity contribution >= 4 is 0 Å². The topological polar surface area (TPSA) is 33.1 Å². The van der Waals surface area contributed by atoms with Gasteiger partial charge in [0.25, 0.3) is 0 Å². The monoisotopic (exact) mass is 250 g/mol. The third-order valence-electron chi connectivity index (χ3n) is 3.71. The van der Waals surface area contributed by atoms with Crippen LogP contribution < -0.4 is 5.32 Å². The van der Waals surface area contributed by atoms with Gasteiger partial charge in [-0.15, -0.1) is 0 Å². The molecule has 1 fully saturated rings. The van der Waals surface area contributed by atoms with Gasteiger partial charge in [0.15, 0.2) is 0 Å². The fraction of sp³-hybridized carbons (Fsp3) is 0.786. The summed E-state index contributed by atoms with van der Waals surface area (Å²) < 4.78 is 1.97. The molecular formula is C14H26N4. The van der Waals surface area contributed by atoms with Crippen molar-refractivity contribution in [3.63, 3.8) is 0 Å². The van der Waals surface area contributed by atoms with Crippen molar-refractivity contribution in [1.82, 2.24) is 20.0 Å². The molecule has 102 valence electrons. The summed E-state index contributed by atoms with van der Waals surface area (Å²) >= 11 is 0. The summed E-state index contributed by atoms with van der Waals surface area (Å²) in [5.41, 5.74) is 2.36. The average Bonchev–Trinajstić information content (AvgIpc) is 2.66. The molecule has 1 unspecified atom stereocenters. The summed E-state index contributed by atoms with van der Waals surface area (Å²) in [7, 11) is 2.01. The van der Waals surface area contributed by atoms with Gasteiger partial charge in [0, 0.05) is 26.2 Å². The third kappa shape index (κ3) is 3.82.